The Bertz CT molecular complexity index is 718. The van der Waals surface area contributed by atoms with Crippen LogP contribution in [-0.2, 0) is 19.7 Å². The van der Waals surface area contributed by atoms with Crippen molar-refractivity contribution in [1.29, 1.82) is 0 Å². The second-order valence-electron chi connectivity index (χ2n) is 9.28. The molecule has 8 heteroatoms. The van der Waals surface area contributed by atoms with E-state index in [1.165, 1.54) is 5.56 Å². The van der Waals surface area contributed by atoms with Gasteiger partial charge in [0, 0.05) is 19.5 Å². The van der Waals surface area contributed by atoms with E-state index in [2.05, 4.69) is 48.9 Å². The fourth-order valence-corrected chi connectivity index (χ4v) is 2.50. The van der Waals surface area contributed by atoms with Crippen LogP contribution in [0.2, 0.25) is 0 Å². The molecule has 0 bridgehead atoms. The summed E-state index contributed by atoms with van der Waals surface area (Å²) >= 11 is 0. The molecule has 0 aliphatic carbocycles. The maximum absolute atomic E-state index is 11.8. The number of benzene rings is 1. The highest BCUT2D eigenvalue weighted by atomic mass is 16.6. The fourth-order valence-electron chi connectivity index (χ4n) is 2.50. The molecule has 0 spiro atoms. The maximum atomic E-state index is 11.8. The zero-order valence-corrected chi connectivity index (χ0v) is 19.6. The Labute approximate surface area is 185 Å². The van der Waals surface area contributed by atoms with Crippen molar-refractivity contribution in [3.8, 4) is 5.75 Å². The molecule has 0 aromatic heterocycles. The van der Waals surface area contributed by atoms with Crippen LogP contribution in [0.5, 0.6) is 5.75 Å². The van der Waals surface area contributed by atoms with Gasteiger partial charge >= 0.3 is 6.09 Å². The summed E-state index contributed by atoms with van der Waals surface area (Å²) in [4.78, 5) is 35.0. The molecule has 1 aromatic rings. The number of hydrogen-bond acceptors (Lipinski definition) is 5. The Balaban J connectivity index is 2.09. The standard InChI is InChI=1S/C23H37N3O5/c1-22(2,3)17-9-11-18(12-10-17)30-15-7-8-19(27)24-13-14-25-20(28)16-26-21(29)31-23(4,5)6/h9-12H,7-8,13-16H2,1-6H3,(H,24,27)(H,25,28)(H,26,29). The maximum Gasteiger partial charge on any atom is 0.408 e. The number of ether oxygens (including phenoxy) is 2. The molecule has 3 amide bonds. The molecule has 0 aliphatic heterocycles. The number of alkyl carbamates (subject to hydrolysis) is 1. The van der Waals surface area contributed by atoms with Crippen LogP contribution in [0.25, 0.3) is 0 Å². The van der Waals surface area contributed by atoms with E-state index in [1.807, 2.05) is 12.1 Å². The van der Waals surface area contributed by atoms with Crippen LogP contribution < -0.4 is 20.7 Å². The van der Waals surface area contributed by atoms with Crippen molar-refractivity contribution < 1.29 is 23.9 Å². The van der Waals surface area contributed by atoms with E-state index in [1.54, 1.807) is 20.8 Å². The molecule has 0 saturated heterocycles. The van der Waals surface area contributed by atoms with E-state index in [0.29, 0.717) is 26.0 Å². The van der Waals surface area contributed by atoms with Crippen LogP contribution in [0.3, 0.4) is 0 Å². The summed E-state index contributed by atoms with van der Waals surface area (Å²) in [7, 11) is 0. The molecule has 1 aromatic carbocycles. The van der Waals surface area contributed by atoms with Gasteiger partial charge in [0.15, 0.2) is 0 Å². The van der Waals surface area contributed by atoms with Gasteiger partial charge < -0.3 is 25.4 Å². The molecule has 0 saturated carbocycles. The first-order chi connectivity index (χ1) is 14.4. The molecule has 8 nitrogen and oxygen atoms in total. The van der Waals surface area contributed by atoms with Crippen molar-refractivity contribution in [2.24, 2.45) is 0 Å². The SMILES string of the molecule is CC(C)(C)OC(=O)NCC(=O)NCCNC(=O)CCCOc1ccc(C(C)(C)C)cc1. The Kier molecular flexibility index (Phi) is 10.3. The number of nitrogens with one attached hydrogen (secondary N) is 3. The third kappa shape index (κ3) is 12.5. The number of rotatable bonds is 10. The van der Waals surface area contributed by atoms with Crippen molar-refractivity contribution >= 4 is 17.9 Å². The Morgan fingerprint density at radius 2 is 1.42 bits per heavy atom. The lowest BCUT2D eigenvalue weighted by Crippen LogP contribution is -2.42. The lowest BCUT2D eigenvalue weighted by atomic mass is 9.87. The third-order valence-corrected chi connectivity index (χ3v) is 4.10. The molecule has 31 heavy (non-hydrogen) atoms. The summed E-state index contributed by atoms with van der Waals surface area (Å²) in [5.41, 5.74) is 0.726. The van der Waals surface area contributed by atoms with E-state index in [-0.39, 0.29) is 30.3 Å². The van der Waals surface area contributed by atoms with Crippen LogP contribution in [-0.4, -0.2) is 49.7 Å². The average molecular weight is 436 g/mol. The zero-order chi connectivity index (χ0) is 23.5. The molecule has 3 N–H and O–H groups in total. The minimum Gasteiger partial charge on any atom is -0.494 e. The van der Waals surface area contributed by atoms with Gasteiger partial charge in [-0.2, -0.15) is 0 Å². The minimum atomic E-state index is -0.650. The van der Waals surface area contributed by atoms with Gasteiger partial charge in [0.1, 0.15) is 11.4 Å². The highest BCUT2D eigenvalue weighted by molar-refractivity contribution is 5.82. The second kappa shape index (κ2) is 12.2. The molecule has 0 heterocycles. The smallest absolute Gasteiger partial charge is 0.408 e. The topological polar surface area (TPSA) is 106 Å². The van der Waals surface area contributed by atoms with E-state index in [4.69, 9.17) is 9.47 Å². The Morgan fingerprint density at radius 1 is 0.839 bits per heavy atom. The predicted octanol–water partition coefficient (Wildman–Crippen LogP) is 2.90. The Morgan fingerprint density at radius 3 is 1.97 bits per heavy atom. The normalized spacial score (nSPS) is 11.4. The quantitative estimate of drug-likeness (QED) is 0.490. The van der Waals surface area contributed by atoms with Crippen LogP contribution in [0.1, 0.15) is 59.9 Å². The number of hydrogen-bond donors (Lipinski definition) is 3. The summed E-state index contributed by atoms with van der Waals surface area (Å²) in [5, 5.41) is 7.72. The van der Waals surface area contributed by atoms with E-state index in [0.717, 1.165) is 5.75 Å². The zero-order valence-electron chi connectivity index (χ0n) is 19.6. The first kappa shape index (κ1) is 26.3. The Hall–Kier alpha value is -2.77. The molecule has 0 atom stereocenters. The highest BCUT2D eigenvalue weighted by Crippen LogP contribution is 2.24. The molecule has 1 rings (SSSR count). The third-order valence-electron chi connectivity index (χ3n) is 4.10. The number of carbonyl (C=O) groups is 3. The minimum absolute atomic E-state index is 0.102. The van der Waals surface area contributed by atoms with Crippen LogP contribution in [0, 0.1) is 0 Å². The van der Waals surface area contributed by atoms with E-state index < -0.39 is 11.7 Å². The van der Waals surface area contributed by atoms with E-state index in [9.17, 15) is 14.4 Å². The highest BCUT2D eigenvalue weighted by Gasteiger charge is 2.16. The summed E-state index contributed by atoms with van der Waals surface area (Å²) in [6.07, 6.45) is 0.288. The number of amides is 3. The average Bonchev–Trinajstić information content (AvgIpc) is 2.65. The van der Waals surface area contributed by atoms with Crippen LogP contribution in [0.4, 0.5) is 4.79 Å². The number of carbonyl (C=O) groups excluding carboxylic acids is 3. The lowest BCUT2D eigenvalue weighted by Gasteiger charge is -2.19. The van der Waals surface area contributed by atoms with Gasteiger partial charge in [0.2, 0.25) is 11.8 Å². The molecular formula is C23H37N3O5. The van der Waals surface area contributed by atoms with Crippen molar-refractivity contribution in [3.63, 3.8) is 0 Å². The van der Waals surface area contributed by atoms with Crippen LogP contribution >= 0.6 is 0 Å². The fraction of sp³-hybridized carbons (Fsp3) is 0.609. The molecule has 0 fully saturated rings. The molecule has 0 aliphatic rings. The van der Waals surface area contributed by atoms with Crippen molar-refractivity contribution in [2.75, 3.05) is 26.2 Å². The van der Waals surface area contributed by atoms with Gasteiger partial charge in [-0.05, 0) is 50.3 Å². The van der Waals surface area contributed by atoms with Gasteiger partial charge in [-0.3, -0.25) is 9.59 Å². The lowest BCUT2D eigenvalue weighted by molar-refractivity contribution is -0.122. The molecular weight excluding hydrogens is 398 g/mol. The summed E-state index contributed by atoms with van der Waals surface area (Å²) < 4.78 is 10.7. The van der Waals surface area contributed by atoms with Gasteiger partial charge in [0.25, 0.3) is 0 Å². The molecule has 174 valence electrons. The second-order valence-corrected chi connectivity index (χ2v) is 9.28. The van der Waals surface area contributed by atoms with Gasteiger partial charge in [-0.25, -0.2) is 4.79 Å². The molecule has 0 radical (unpaired) electrons. The van der Waals surface area contributed by atoms with Crippen molar-refractivity contribution in [1.82, 2.24) is 16.0 Å². The van der Waals surface area contributed by atoms with Crippen molar-refractivity contribution in [3.05, 3.63) is 29.8 Å². The predicted molar refractivity (Wildman–Crippen MR) is 120 cm³/mol. The van der Waals surface area contributed by atoms with Gasteiger partial charge in [0.05, 0.1) is 13.2 Å². The van der Waals surface area contributed by atoms with Gasteiger partial charge in [-0.15, -0.1) is 0 Å². The van der Waals surface area contributed by atoms with Crippen LogP contribution in [0.15, 0.2) is 24.3 Å². The monoisotopic (exact) mass is 435 g/mol. The summed E-state index contributed by atoms with van der Waals surface area (Å²) in [6, 6.07) is 8.00. The first-order valence-electron chi connectivity index (χ1n) is 10.6. The van der Waals surface area contributed by atoms with E-state index >= 15 is 0 Å². The molecule has 0 unspecified atom stereocenters. The first-order valence-corrected chi connectivity index (χ1v) is 10.6. The largest absolute Gasteiger partial charge is 0.494 e. The van der Waals surface area contributed by atoms with Gasteiger partial charge in [-0.1, -0.05) is 32.9 Å². The summed E-state index contributed by atoms with van der Waals surface area (Å²) in [6.45, 7) is 12.6. The van der Waals surface area contributed by atoms with Crippen molar-refractivity contribution in [2.45, 2.75) is 65.4 Å². The summed E-state index contributed by atoms with van der Waals surface area (Å²) in [5.74, 6) is 0.329.